The van der Waals surface area contributed by atoms with Gasteiger partial charge in [-0.3, -0.25) is 19.3 Å². The Hall–Kier alpha value is -2.19. The van der Waals surface area contributed by atoms with E-state index in [-0.39, 0.29) is 18.2 Å². The molecule has 1 aromatic rings. The summed E-state index contributed by atoms with van der Waals surface area (Å²) >= 11 is 6.56. The zero-order chi connectivity index (χ0) is 20.3. The van der Waals surface area contributed by atoms with Crippen LogP contribution < -0.4 is 4.90 Å². The summed E-state index contributed by atoms with van der Waals surface area (Å²) < 4.78 is 0.449. The number of fused-ring (bicyclic) bond motifs is 1. The number of anilines is 1. The van der Waals surface area contributed by atoms with Crippen molar-refractivity contribution in [3.05, 3.63) is 34.7 Å². The number of para-hydroxylation sites is 1. The smallest absolute Gasteiger partial charge is 0.303 e. The molecule has 0 aliphatic carbocycles. The van der Waals surface area contributed by atoms with Gasteiger partial charge in [-0.2, -0.15) is 0 Å². The molecule has 1 N–H and O–H groups in total. The molecule has 0 atom stereocenters. The number of carbonyl (C=O) groups is 3. The fourth-order valence-corrected chi connectivity index (χ4v) is 4.79. The van der Waals surface area contributed by atoms with E-state index in [1.807, 2.05) is 31.2 Å². The second-order valence-electron chi connectivity index (χ2n) is 6.71. The summed E-state index contributed by atoms with van der Waals surface area (Å²) in [5.41, 5.74) is 2.06. The Bertz CT molecular complexity index is 866. The number of aliphatic carboxylic acids is 1. The summed E-state index contributed by atoms with van der Waals surface area (Å²) in [6, 6.07) is 7.53. The van der Waals surface area contributed by atoms with Crippen molar-refractivity contribution in [3.8, 4) is 0 Å². The van der Waals surface area contributed by atoms with E-state index in [0.717, 1.165) is 17.7 Å². The summed E-state index contributed by atoms with van der Waals surface area (Å²) in [5.74, 6) is -1.19. The number of benzene rings is 1. The minimum Gasteiger partial charge on any atom is -0.481 e. The maximum absolute atomic E-state index is 13.0. The van der Waals surface area contributed by atoms with Gasteiger partial charge in [0.1, 0.15) is 4.32 Å². The van der Waals surface area contributed by atoms with Crippen molar-refractivity contribution in [1.29, 1.82) is 0 Å². The van der Waals surface area contributed by atoms with Crippen LogP contribution in [0.2, 0.25) is 0 Å². The number of unbranched alkanes of at least 4 members (excludes halogenated alkanes) is 2. The van der Waals surface area contributed by atoms with Gasteiger partial charge in [0.15, 0.2) is 0 Å². The fraction of sp³-hybridized carbons (Fsp3) is 0.400. The quantitative estimate of drug-likeness (QED) is 0.394. The SMILES string of the molecule is CCCN1C(=O)/C(=C2\SC(=S)N(CCCCCC(=O)O)C2=O)c2ccccc21. The van der Waals surface area contributed by atoms with Crippen molar-refractivity contribution in [1.82, 2.24) is 4.90 Å². The van der Waals surface area contributed by atoms with Crippen molar-refractivity contribution >= 4 is 57.3 Å². The first-order valence-electron chi connectivity index (χ1n) is 9.36. The third kappa shape index (κ3) is 3.98. The first kappa shape index (κ1) is 20.5. The lowest BCUT2D eigenvalue weighted by Crippen LogP contribution is -2.30. The molecule has 6 nitrogen and oxygen atoms in total. The maximum atomic E-state index is 13.0. The predicted molar refractivity (Wildman–Crippen MR) is 114 cm³/mol. The minimum absolute atomic E-state index is 0.126. The van der Waals surface area contributed by atoms with E-state index < -0.39 is 5.97 Å². The third-order valence-electron chi connectivity index (χ3n) is 4.72. The number of carboxylic acids is 1. The first-order valence-corrected chi connectivity index (χ1v) is 10.6. The highest BCUT2D eigenvalue weighted by atomic mass is 32.2. The molecule has 2 aliphatic heterocycles. The Balaban J connectivity index is 1.80. The van der Waals surface area contributed by atoms with Gasteiger partial charge in [-0.1, -0.05) is 55.5 Å². The van der Waals surface area contributed by atoms with Crippen LogP contribution in [0, 0.1) is 0 Å². The molecule has 0 radical (unpaired) electrons. The summed E-state index contributed by atoms with van der Waals surface area (Å²) in [5, 5.41) is 8.70. The van der Waals surface area contributed by atoms with E-state index in [1.165, 1.54) is 16.7 Å². The van der Waals surface area contributed by atoms with Gasteiger partial charge >= 0.3 is 5.97 Å². The number of nitrogens with zero attached hydrogens (tertiary/aromatic N) is 2. The molecular weight excluding hydrogens is 396 g/mol. The van der Waals surface area contributed by atoms with Crippen LogP contribution in [0.15, 0.2) is 29.2 Å². The van der Waals surface area contributed by atoms with Gasteiger partial charge < -0.3 is 10.0 Å². The summed E-state index contributed by atoms with van der Waals surface area (Å²) in [7, 11) is 0. The zero-order valence-electron chi connectivity index (χ0n) is 15.6. The number of rotatable bonds is 8. The summed E-state index contributed by atoms with van der Waals surface area (Å²) in [6.45, 7) is 3.05. The van der Waals surface area contributed by atoms with Gasteiger partial charge in [-0.05, 0) is 25.3 Å². The van der Waals surface area contributed by atoms with Crippen LogP contribution in [0.25, 0.3) is 5.57 Å². The normalized spacial score (nSPS) is 19.0. The number of hydrogen-bond donors (Lipinski definition) is 1. The molecule has 28 heavy (non-hydrogen) atoms. The topological polar surface area (TPSA) is 77.9 Å². The standard InChI is InChI=1S/C20H22N2O4S2/c1-2-11-21-14-9-6-5-8-13(14)16(18(21)25)17-19(26)22(20(27)28-17)12-7-3-4-10-15(23)24/h5-6,8-9H,2-4,7,10-12H2,1H3,(H,23,24)/b17-16-. The molecule has 2 aliphatic rings. The molecular formula is C20H22N2O4S2. The molecule has 0 bridgehead atoms. The molecule has 8 heteroatoms. The molecule has 1 aromatic carbocycles. The Morgan fingerprint density at radius 2 is 1.82 bits per heavy atom. The highest BCUT2D eigenvalue weighted by molar-refractivity contribution is 8.26. The second-order valence-corrected chi connectivity index (χ2v) is 8.35. The molecule has 2 heterocycles. The third-order valence-corrected chi connectivity index (χ3v) is 6.17. The molecule has 3 rings (SSSR count). The van der Waals surface area contributed by atoms with Crippen molar-refractivity contribution in [2.75, 3.05) is 18.0 Å². The Morgan fingerprint density at radius 1 is 1.07 bits per heavy atom. The predicted octanol–water partition coefficient (Wildman–Crippen LogP) is 3.66. The van der Waals surface area contributed by atoms with Crippen molar-refractivity contribution < 1.29 is 19.5 Å². The lowest BCUT2D eigenvalue weighted by molar-refractivity contribution is -0.137. The molecule has 0 unspecified atom stereocenters. The molecule has 0 saturated carbocycles. The second kappa shape index (κ2) is 8.87. The van der Waals surface area contributed by atoms with E-state index >= 15 is 0 Å². The minimum atomic E-state index is -0.814. The van der Waals surface area contributed by atoms with E-state index in [2.05, 4.69) is 0 Å². The van der Waals surface area contributed by atoms with Crippen LogP contribution in [-0.2, 0) is 14.4 Å². The average Bonchev–Trinajstić information content (AvgIpc) is 3.09. The first-order chi connectivity index (χ1) is 13.5. The van der Waals surface area contributed by atoms with Crippen molar-refractivity contribution in [3.63, 3.8) is 0 Å². The number of carboxylic acid groups (broad SMARTS) is 1. The van der Waals surface area contributed by atoms with Gasteiger partial charge in [0.2, 0.25) is 0 Å². The van der Waals surface area contributed by atoms with Crippen LogP contribution in [0.5, 0.6) is 0 Å². The molecule has 0 spiro atoms. The molecule has 1 saturated heterocycles. The van der Waals surface area contributed by atoms with Crippen LogP contribution in [0.1, 0.15) is 44.6 Å². The van der Waals surface area contributed by atoms with Crippen LogP contribution >= 0.6 is 24.0 Å². The van der Waals surface area contributed by atoms with Gasteiger partial charge in [0.05, 0.1) is 16.2 Å². The van der Waals surface area contributed by atoms with Gasteiger partial charge in [0.25, 0.3) is 11.8 Å². The maximum Gasteiger partial charge on any atom is 0.303 e. The number of hydrogen-bond acceptors (Lipinski definition) is 5. The monoisotopic (exact) mass is 418 g/mol. The van der Waals surface area contributed by atoms with Gasteiger partial charge in [-0.25, -0.2) is 0 Å². The van der Waals surface area contributed by atoms with Crippen LogP contribution in [0.4, 0.5) is 5.69 Å². The molecule has 2 amide bonds. The van der Waals surface area contributed by atoms with E-state index in [9.17, 15) is 14.4 Å². The molecule has 148 valence electrons. The van der Waals surface area contributed by atoms with Crippen LogP contribution in [0.3, 0.4) is 0 Å². The van der Waals surface area contributed by atoms with E-state index in [4.69, 9.17) is 17.3 Å². The summed E-state index contributed by atoms with van der Waals surface area (Å²) in [6.07, 6.45) is 2.91. The largest absolute Gasteiger partial charge is 0.481 e. The molecule has 1 fully saturated rings. The van der Waals surface area contributed by atoms with E-state index in [1.54, 1.807) is 4.90 Å². The Morgan fingerprint density at radius 3 is 2.54 bits per heavy atom. The van der Waals surface area contributed by atoms with Crippen molar-refractivity contribution in [2.24, 2.45) is 0 Å². The highest BCUT2D eigenvalue weighted by Gasteiger charge is 2.41. The lowest BCUT2D eigenvalue weighted by Gasteiger charge is -2.15. The summed E-state index contributed by atoms with van der Waals surface area (Å²) in [4.78, 5) is 40.3. The fourth-order valence-electron chi connectivity index (χ4n) is 3.41. The van der Waals surface area contributed by atoms with Gasteiger partial charge in [-0.15, -0.1) is 0 Å². The van der Waals surface area contributed by atoms with Crippen LogP contribution in [-0.4, -0.2) is 45.2 Å². The number of thioether (sulfide) groups is 1. The van der Waals surface area contributed by atoms with E-state index in [0.29, 0.717) is 47.2 Å². The highest BCUT2D eigenvalue weighted by Crippen LogP contribution is 2.44. The number of carbonyl (C=O) groups excluding carboxylic acids is 2. The Labute approximate surface area is 173 Å². The average molecular weight is 419 g/mol. The number of thiocarbonyl (C=S) groups is 1. The lowest BCUT2D eigenvalue weighted by atomic mass is 10.1. The van der Waals surface area contributed by atoms with Gasteiger partial charge in [0, 0.05) is 25.1 Å². The van der Waals surface area contributed by atoms with Crippen molar-refractivity contribution in [2.45, 2.75) is 39.0 Å². The number of amides is 2. The molecule has 0 aromatic heterocycles. The zero-order valence-corrected chi connectivity index (χ0v) is 17.3. The Kier molecular flexibility index (Phi) is 6.51.